The second-order valence-corrected chi connectivity index (χ2v) is 4.74. The van der Waals surface area contributed by atoms with Crippen molar-refractivity contribution in [3.63, 3.8) is 0 Å². The largest absolute Gasteiger partial charge is 0.481 e. The fourth-order valence-corrected chi connectivity index (χ4v) is 2.79. The van der Waals surface area contributed by atoms with Crippen LogP contribution in [0.3, 0.4) is 0 Å². The fourth-order valence-electron chi connectivity index (χ4n) is 2.79. The maximum Gasteiger partial charge on any atom is 0.306 e. The standard InChI is InChI=1S/C14H15NO2/c16-14(17)9-6-7-11-10-4-2-1-3-5-12(10)15-13(11)8-9/h1-4,9,15H,5-8H2,(H,16,17). The van der Waals surface area contributed by atoms with Gasteiger partial charge in [0.1, 0.15) is 0 Å². The molecule has 1 aromatic heterocycles. The first-order chi connectivity index (χ1) is 8.25. The molecule has 0 saturated carbocycles. The van der Waals surface area contributed by atoms with E-state index in [4.69, 9.17) is 5.11 Å². The van der Waals surface area contributed by atoms with Crippen molar-refractivity contribution in [2.75, 3.05) is 0 Å². The smallest absolute Gasteiger partial charge is 0.306 e. The zero-order valence-corrected chi connectivity index (χ0v) is 9.57. The molecule has 1 unspecified atom stereocenters. The van der Waals surface area contributed by atoms with Crippen molar-refractivity contribution in [3.05, 3.63) is 40.7 Å². The van der Waals surface area contributed by atoms with Crippen molar-refractivity contribution in [2.45, 2.75) is 25.7 Å². The monoisotopic (exact) mass is 229 g/mol. The Morgan fingerprint density at radius 3 is 3.06 bits per heavy atom. The summed E-state index contributed by atoms with van der Waals surface area (Å²) in [7, 11) is 0. The Hall–Kier alpha value is -1.77. The first-order valence-electron chi connectivity index (χ1n) is 6.04. The molecule has 0 amide bonds. The van der Waals surface area contributed by atoms with Gasteiger partial charge in [0.2, 0.25) is 0 Å². The van der Waals surface area contributed by atoms with Crippen LogP contribution in [0.15, 0.2) is 18.2 Å². The van der Waals surface area contributed by atoms with Gasteiger partial charge in [-0.25, -0.2) is 0 Å². The molecule has 3 rings (SSSR count). The van der Waals surface area contributed by atoms with Gasteiger partial charge in [0.15, 0.2) is 0 Å². The highest BCUT2D eigenvalue weighted by Crippen LogP contribution is 2.32. The molecular formula is C14H15NO2. The number of hydrogen-bond donors (Lipinski definition) is 2. The van der Waals surface area contributed by atoms with E-state index in [0.29, 0.717) is 6.42 Å². The van der Waals surface area contributed by atoms with Crippen LogP contribution < -0.4 is 0 Å². The van der Waals surface area contributed by atoms with Gasteiger partial charge in [0.25, 0.3) is 0 Å². The average molecular weight is 229 g/mol. The van der Waals surface area contributed by atoms with E-state index in [2.05, 4.69) is 29.3 Å². The Kier molecular flexibility index (Phi) is 2.39. The quantitative estimate of drug-likeness (QED) is 0.776. The minimum atomic E-state index is -0.670. The highest BCUT2D eigenvalue weighted by atomic mass is 16.4. The van der Waals surface area contributed by atoms with Crippen molar-refractivity contribution in [2.24, 2.45) is 5.92 Å². The lowest BCUT2D eigenvalue weighted by Gasteiger charge is -2.18. The molecule has 1 atom stereocenters. The van der Waals surface area contributed by atoms with Crippen molar-refractivity contribution in [3.8, 4) is 0 Å². The summed E-state index contributed by atoms with van der Waals surface area (Å²) < 4.78 is 0. The Bertz CT molecular complexity index is 523. The second kappa shape index (κ2) is 3.91. The lowest BCUT2D eigenvalue weighted by Crippen LogP contribution is -2.22. The van der Waals surface area contributed by atoms with E-state index in [1.165, 1.54) is 16.8 Å². The van der Waals surface area contributed by atoms with Crippen LogP contribution in [0.2, 0.25) is 0 Å². The molecule has 0 saturated heterocycles. The third-order valence-corrected chi connectivity index (χ3v) is 3.69. The molecular weight excluding hydrogens is 214 g/mol. The second-order valence-electron chi connectivity index (χ2n) is 4.74. The molecule has 0 fully saturated rings. The maximum absolute atomic E-state index is 11.0. The number of H-pyrrole nitrogens is 1. The van der Waals surface area contributed by atoms with Crippen molar-refractivity contribution in [1.82, 2.24) is 4.98 Å². The van der Waals surface area contributed by atoms with E-state index in [1.807, 2.05) is 0 Å². The third-order valence-electron chi connectivity index (χ3n) is 3.69. The Morgan fingerprint density at radius 1 is 1.35 bits per heavy atom. The van der Waals surface area contributed by atoms with Crippen LogP contribution in [-0.2, 0) is 24.1 Å². The van der Waals surface area contributed by atoms with E-state index in [1.54, 1.807) is 0 Å². The van der Waals surface area contributed by atoms with E-state index >= 15 is 0 Å². The van der Waals surface area contributed by atoms with Gasteiger partial charge in [-0.05, 0) is 24.0 Å². The lowest BCUT2D eigenvalue weighted by atomic mass is 9.86. The van der Waals surface area contributed by atoms with Crippen LogP contribution in [0.5, 0.6) is 0 Å². The molecule has 2 aliphatic rings. The molecule has 3 heteroatoms. The summed E-state index contributed by atoms with van der Waals surface area (Å²) in [6, 6.07) is 0. The summed E-state index contributed by atoms with van der Waals surface area (Å²) in [4.78, 5) is 14.4. The molecule has 0 spiro atoms. The molecule has 1 heterocycles. The Balaban J connectivity index is 1.99. The van der Waals surface area contributed by atoms with E-state index in [0.717, 1.165) is 25.0 Å². The molecule has 2 aliphatic carbocycles. The van der Waals surface area contributed by atoms with Gasteiger partial charge in [0, 0.05) is 24.2 Å². The number of allylic oxidation sites excluding steroid dienone is 3. The van der Waals surface area contributed by atoms with E-state index in [9.17, 15) is 4.79 Å². The number of fused-ring (bicyclic) bond motifs is 3. The number of carboxylic acids is 1. The number of aliphatic carboxylic acids is 1. The first kappa shape index (κ1) is 10.4. The summed E-state index contributed by atoms with van der Waals surface area (Å²) in [5.74, 6) is -0.889. The van der Waals surface area contributed by atoms with Gasteiger partial charge in [-0.2, -0.15) is 0 Å². The SMILES string of the molecule is O=C(O)C1CCc2c([nH]c3c2C=CC=CC3)C1. The predicted octanol–water partition coefficient (Wildman–Crippen LogP) is 2.33. The Labute approximate surface area is 99.9 Å². The van der Waals surface area contributed by atoms with Crippen LogP contribution in [-0.4, -0.2) is 16.1 Å². The highest BCUT2D eigenvalue weighted by molar-refractivity contribution is 5.72. The van der Waals surface area contributed by atoms with Crippen molar-refractivity contribution >= 4 is 12.0 Å². The first-order valence-corrected chi connectivity index (χ1v) is 6.04. The van der Waals surface area contributed by atoms with Gasteiger partial charge < -0.3 is 10.1 Å². The normalized spacial score (nSPS) is 21.8. The number of rotatable bonds is 1. The number of hydrogen-bond acceptors (Lipinski definition) is 1. The minimum absolute atomic E-state index is 0.218. The van der Waals surface area contributed by atoms with Gasteiger partial charge in [-0.15, -0.1) is 0 Å². The molecule has 0 aromatic carbocycles. The lowest BCUT2D eigenvalue weighted by molar-refractivity contribution is -0.142. The van der Waals surface area contributed by atoms with E-state index in [-0.39, 0.29) is 5.92 Å². The van der Waals surface area contributed by atoms with Crippen LogP contribution >= 0.6 is 0 Å². The molecule has 1 aromatic rings. The average Bonchev–Trinajstić information content (AvgIpc) is 2.50. The number of nitrogens with one attached hydrogen (secondary N) is 1. The number of aromatic amines is 1. The Morgan fingerprint density at radius 2 is 2.24 bits per heavy atom. The molecule has 0 radical (unpaired) electrons. The molecule has 88 valence electrons. The highest BCUT2D eigenvalue weighted by Gasteiger charge is 2.27. The van der Waals surface area contributed by atoms with Gasteiger partial charge in [0.05, 0.1) is 5.92 Å². The molecule has 2 N–H and O–H groups in total. The fraction of sp³-hybridized carbons (Fsp3) is 0.357. The van der Waals surface area contributed by atoms with Gasteiger partial charge in [-0.3, -0.25) is 4.79 Å². The van der Waals surface area contributed by atoms with Crippen molar-refractivity contribution in [1.29, 1.82) is 0 Å². The van der Waals surface area contributed by atoms with Crippen LogP contribution in [0.25, 0.3) is 6.08 Å². The maximum atomic E-state index is 11.0. The minimum Gasteiger partial charge on any atom is -0.481 e. The molecule has 0 bridgehead atoms. The van der Waals surface area contributed by atoms with Crippen LogP contribution in [0, 0.1) is 5.92 Å². The number of carboxylic acid groups (broad SMARTS) is 1. The van der Waals surface area contributed by atoms with Crippen LogP contribution in [0.1, 0.15) is 28.9 Å². The molecule has 3 nitrogen and oxygen atoms in total. The number of carbonyl (C=O) groups is 1. The molecule has 0 aliphatic heterocycles. The zero-order chi connectivity index (χ0) is 11.8. The van der Waals surface area contributed by atoms with Gasteiger partial charge in [-0.1, -0.05) is 24.3 Å². The third kappa shape index (κ3) is 1.71. The molecule has 17 heavy (non-hydrogen) atoms. The predicted molar refractivity (Wildman–Crippen MR) is 65.8 cm³/mol. The summed E-state index contributed by atoms with van der Waals surface area (Å²) in [5, 5.41) is 9.07. The zero-order valence-electron chi connectivity index (χ0n) is 9.57. The van der Waals surface area contributed by atoms with E-state index < -0.39 is 5.97 Å². The van der Waals surface area contributed by atoms with Crippen LogP contribution in [0.4, 0.5) is 0 Å². The topological polar surface area (TPSA) is 53.1 Å². The summed E-state index contributed by atoms with van der Waals surface area (Å²) >= 11 is 0. The van der Waals surface area contributed by atoms with Gasteiger partial charge >= 0.3 is 5.97 Å². The summed E-state index contributed by atoms with van der Waals surface area (Å²) in [6.07, 6.45) is 11.6. The summed E-state index contributed by atoms with van der Waals surface area (Å²) in [6.45, 7) is 0. The summed E-state index contributed by atoms with van der Waals surface area (Å²) in [5.41, 5.74) is 4.98. The number of aromatic nitrogens is 1. The van der Waals surface area contributed by atoms with Crippen molar-refractivity contribution < 1.29 is 9.90 Å².